The zero-order valence-corrected chi connectivity index (χ0v) is 12.1. The van der Waals surface area contributed by atoms with Crippen LogP contribution in [0.4, 0.5) is 5.69 Å². The summed E-state index contributed by atoms with van der Waals surface area (Å²) in [6, 6.07) is 4.96. The van der Waals surface area contributed by atoms with Crippen LogP contribution in [0, 0.1) is 0 Å². The Morgan fingerprint density at radius 1 is 1.50 bits per heavy atom. The third kappa shape index (κ3) is 3.29. The number of methoxy groups -OCH3 is 1. The molecule has 1 aliphatic heterocycles. The first kappa shape index (κ1) is 14.8. The Bertz CT molecular complexity index is 519. The summed E-state index contributed by atoms with van der Waals surface area (Å²) in [4.78, 5) is 25.6. The molecule has 2 rings (SSSR count). The maximum atomic E-state index is 12.2. The van der Waals surface area contributed by atoms with E-state index >= 15 is 0 Å². The number of carbonyl (C=O) groups excluding carboxylic acids is 2. The first-order chi connectivity index (χ1) is 9.63. The summed E-state index contributed by atoms with van der Waals surface area (Å²) in [7, 11) is 1.57. The minimum Gasteiger partial charge on any atom is -0.383 e. The molecule has 1 heterocycles. The van der Waals surface area contributed by atoms with E-state index in [0.29, 0.717) is 42.4 Å². The van der Waals surface area contributed by atoms with E-state index in [2.05, 4.69) is 5.32 Å². The Morgan fingerprint density at radius 2 is 2.30 bits per heavy atom. The van der Waals surface area contributed by atoms with Crippen molar-refractivity contribution >= 4 is 29.1 Å². The molecule has 1 N–H and O–H groups in total. The van der Waals surface area contributed by atoms with Gasteiger partial charge in [-0.15, -0.1) is 0 Å². The second-order valence-electron chi connectivity index (χ2n) is 4.56. The van der Waals surface area contributed by atoms with Crippen LogP contribution >= 0.6 is 11.6 Å². The molecule has 1 aromatic rings. The lowest BCUT2D eigenvalue weighted by atomic mass is 10.1. The average Bonchev–Trinajstić information content (AvgIpc) is 2.85. The summed E-state index contributed by atoms with van der Waals surface area (Å²) in [5, 5.41) is 3.26. The number of hydrogen-bond acceptors (Lipinski definition) is 3. The van der Waals surface area contributed by atoms with Crippen molar-refractivity contribution in [2.75, 3.05) is 31.7 Å². The maximum Gasteiger partial charge on any atom is 0.253 e. The zero-order chi connectivity index (χ0) is 14.5. The molecular weight excluding hydrogens is 280 g/mol. The number of rotatable bonds is 5. The molecule has 0 saturated carbocycles. The topological polar surface area (TPSA) is 58.6 Å². The summed E-state index contributed by atoms with van der Waals surface area (Å²) in [5.74, 6) is -0.202. The van der Waals surface area contributed by atoms with E-state index in [0.717, 1.165) is 6.42 Å². The van der Waals surface area contributed by atoms with Gasteiger partial charge < -0.3 is 15.0 Å². The zero-order valence-electron chi connectivity index (χ0n) is 11.3. The highest BCUT2D eigenvalue weighted by Gasteiger charge is 2.26. The number of ether oxygens (including phenoxy) is 1. The number of benzene rings is 1. The van der Waals surface area contributed by atoms with Crippen LogP contribution < -0.4 is 10.2 Å². The van der Waals surface area contributed by atoms with Gasteiger partial charge in [-0.05, 0) is 24.6 Å². The van der Waals surface area contributed by atoms with E-state index in [4.69, 9.17) is 16.3 Å². The maximum absolute atomic E-state index is 12.2. The summed E-state index contributed by atoms with van der Waals surface area (Å²) in [6.07, 6.45) is 1.31. The van der Waals surface area contributed by atoms with Gasteiger partial charge in [-0.25, -0.2) is 0 Å². The first-order valence-corrected chi connectivity index (χ1v) is 6.88. The second kappa shape index (κ2) is 6.72. The monoisotopic (exact) mass is 296 g/mol. The lowest BCUT2D eigenvalue weighted by Crippen LogP contribution is -2.31. The fourth-order valence-electron chi connectivity index (χ4n) is 2.18. The van der Waals surface area contributed by atoms with Crippen LogP contribution in [0.3, 0.4) is 0 Å². The number of carbonyl (C=O) groups is 2. The van der Waals surface area contributed by atoms with Gasteiger partial charge in [-0.1, -0.05) is 11.6 Å². The van der Waals surface area contributed by atoms with Gasteiger partial charge in [0.15, 0.2) is 0 Å². The molecule has 1 aliphatic rings. The predicted molar refractivity (Wildman–Crippen MR) is 77.2 cm³/mol. The van der Waals surface area contributed by atoms with Crippen LogP contribution in [0.25, 0.3) is 0 Å². The van der Waals surface area contributed by atoms with Crippen LogP contribution in [0.15, 0.2) is 18.2 Å². The van der Waals surface area contributed by atoms with Gasteiger partial charge in [0.1, 0.15) is 0 Å². The number of nitrogens with one attached hydrogen (secondary N) is 1. The fourth-order valence-corrected chi connectivity index (χ4v) is 2.35. The molecule has 20 heavy (non-hydrogen) atoms. The second-order valence-corrected chi connectivity index (χ2v) is 5.00. The molecule has 0 spiro atoms. The van der Waals surface area contributed by atoms with Crippen LogP contribution in [-0.2, 0) is 9.53 Å². The van der Waals surface area contributed by atoms with Crippen molar-refractivity contribution in [1.29, 1.82) is 0 Å². The largest absolute Gasteiger partial charge is 0.383 e. The van der Waals surface area contributed by atoms with Crippen molar-refractivity contribution in [3.63, 3.8) is 0 Å². The van der Waals surface area contributed by atoms with Gasteiger partial charge >= 0.3 is 0 Å². The van der Waals surface area contributed by atoms with Crippen molar-refractivity contribution in [3.05, 3.63) is 28.8 Å². The molecule has 1 aromatic carbocycles. The molecule has 0 aromatic heterocycles. The quantitative estimate of drug-likeness (QED) is 0.844. The van der Waals surface area contributed by atoms with Crippen molar-refractivity contribution in [3.8, 4) is 0 Å². The Balaban J connectivity index is 2.23. The number of hydrogen-bond donors (Lipinski definition) is 1. The van der Waals surface area contributed by atoms with Crippen molar-refractivity contribution in [2.45, 2.75) is 12.8 Å². The molecule has 1 saturated heterocycles. The summed E-state index contributed by atoms with van der Waals surface area (Å²) < 4.78 is 4.89. The molecule has 0 bridgehead atoms. The third-order valence-corrected chi connectivity index (χ3v) is 3.40. The lowest BCUT2D eigenvalue weighted by molar-refractivity contribution is -0.117. The molecule has 2 amide bonds. The summed E-state index contributed by atoms with van der Waals surface area (Å²) in [6.45, 7) is 1.49. The van der Waals surface area contributed by atoms with Crippen molar-refractivity contribution < 1.29 is 14.3 Å². The molecule has 108 valence electrons. The number of anilines is 1. The lowest BCUT2D eigenvalue weighted by Gasteiger charge is -2.19. The number of halogens is 1. The van der Waals surface area contributed by atoms with E-state index in [9.17, 15) is 9.59 Å². The summed E-state index contributed by atoms with van der Waals surface area (Å²) >= 11 is 5.98. The molecule has 0 atom stereocenters. The third-order valence-electron chi connectivity index (χ3n) is 3.16. The highest BCUT2D eigenvalue weighted by atomic mass is 35.5. The van der Waals surface area contributed by atoms with Crippen LogP contribution in [0.5, 0.6) is 0 Å². The van der Waals surface area contributed by atoms with E-state index < -0.39 is 0 Å². The highest BCUT2D eigenvalue weighted by molar-refractivity contribution is 6.31. The Labute approximate surface area is 122 Å². The minimum absolute atomic E-state index is 0.0261. The average molecular weight is 297 g/mol. The Hall–Kier alpha value is -1.59. The Morgan fingerprint density at radius 3 is 2.95 bits per heavy atom. The van der Waals surface area contributed by atoms with Crippen LogP contribution in [0.2, 0.25) is 5.02 Å². The van der Waals surface area contributed by atoms with Gasteiger partial charge in [0, 0.05) is 31.6 Å². The van der Waals surface area contributed by atoms with Gasteiger partial charge in [0.25, 0.3) is 5.91 Å². The van der Waals surface area contributed by atoms with Crippen molar-refractivity contribution in [1.82, 2.24) is 5.32 Å². The van der Waals surface area contributed by atoms with E-state index in [1.807, 2.05) is 0 Å². The number of nitrogens with zero attached hydrogens (tertiary/aromatic N) is 1. The number of amides is 2. The van der Waals surface area contributed by atoms with Gasteiger partial charge in [0.2, 0.25) is 5.91 Å². The standard InChI is InChI=1S/C14H17ClN2O3/c1-20-8-6-16-14(19)11-5-4-10(15)9-12(11)17-7-2-3-13(17)18/h4-5,9H,2-3,6-8H2,1H3,(H,16,19). The Kier molecular flexibility index (Phi) is 4.98. The van der Waals surface area contributed by atoms with E-state index in [-0.39, 0.29) is 11.8 Å². The van der Waals surface area contributed by atoms with Gasteiger partial charge in [-0.2, -0.15) is 0 Å². The normalized spacial score (nSPS) is 14.7. The molecule has 0 radical (unpaired) electrons. The van der Waals surface area contributed by atoms with Gasteiger partial charge in [-0.3, -0.25) is 9.59 Å². The van der Waals surface area contributed by atoms with Crippen LogP contribution in [0.1, 0.15) is 23.2 Å². The molecule has 5 nitrogen and oxygen atoms in total. The molecule has 0 aliphatic carbocycles. The van der Waals surface area contributed by atoms with Crippen LogP contribution in [-0.4, -0.2) is 38.6 Å². The summed E-state index contributed by atoms with van der Waals surface area (Å²) in [5.41, 5.74) is 1.04. The van der Waals surface area contributed by atoms with E-state index in [1.54, 1.807) is 30.2 Å². The molecule has 1 fully saturated rings. The smallest absolute Gasteiger partial charge is 0.253 e. The van der Waals surface area contributed by atoms with Crippen molar-refractivity contribution in [2.24, 2.45) is 0 Å². The minimum atomic E-state index is -0.228. The fraction of sp³-hybridized carbons (Fsp3) is 0.429. The SMILES string of the molecule is COCCNC(=O)c1ccc(Cl)cc1N1CCCC1=O. The molecule has 0 unspecified atom stereocenters. The molecular formula is C14H17ClN2O3. The predicted octanol–water partition coefficient (Wildman–Crippen LogP) is 1.84. The first-order valence-electron chi connectivity index (χ1n) is 6.50. The highest BCUT2D eigenvalue weighted by Crippen LogP contribution is 2.28. The molecule has 6 heteroatoms. The van der Waals surface area contributed by atoms with Gasteiger partial charge in [0.05, 0.1) is 17.9 Å². The van der Waals surface area contributed by atoms with E-state index in [1.165, 1.54) is 0 Å².